The fourth-order valence-corrected chi connectivity index (χ4v) is 2.52. The zero-order chi connectivity index (χ0) is 13.1. The van der Waals surface area contributed by atoms with E-state index in [0.29, 0.717) is 11.1 Å². The Balaban J connectivity index is 2.16. The number of rotatable bonds is 3. The van der Waals surface area contributed by atoms with Crippen LogP contribution in [0.5, 0.6) is 0 Å². The van der Waals surface area contributed by atoms with Crippen LogP contribution in [0.1, 0.15) is 26.7 Å². The summed E-state index contributed by atoms with van der Waals surface area (Å²) in [7, 11) is 0. The van der Waals surface area contributed by atoms with Crippen molar-refractivity contribution in [2.24, 2.45) is 0 Å². The van der Waals surface area contributed by atoms with Gasteiger partial charge in [-0.15, -0.1) is 0 Å². The fourth-order valence-electron chi connectivity index (χ4n) is 2.33. The van der Waals surface area contributed by atoms with E-state index in [2.05, 4.69) is 19.2 Å². The summed E-state index contributed by atoms with van der Waals surface area (Å²) >= 11 is 5.98. The zero-order valence-electron chi connectivity index (χ0n) is 10.8. The zero-order valence-corrected chi connectivity index (χ0v) is 11.6. The lowest BCUT2D eigenvalue weighted by molar-refractivity contribution is -0.121. The highest BCUT2D eigenvalue weighted by atomic mass is 35.5. The Labute approximate surface area is 113 Å². The highest BCUT2D eigenvalue weighted by Gasteiger charge is 2.29. The van der Waals surface area contributed by atoms with Crippen molar-refractivity contribution in [1.29, 1.82) is 0 Å². The molecule has 1 aromatic carbocycles. The van der Waals surface area contributed by atoms with Gasteiger partial charge in [-0.1, -0.05) is 31.5 Å². The average Bonchev–Trinajstić information content (AvgIpc) is 2.31. The summed E-state index contributed by atoms with van der Waals surface area (Å²) in [6.07, 6.45) is 1.93. The van der Waals surface area contributed by atoms with Gasteiger partial charge in [0.2, 0.25) is 5.91 Å². The molecule has 0 saturated carbocycles. The standard InChI is InChI=1S/C14H19ClN2O/c1-10(2)16-13-7-4-8-17(14(13)18)12-6-3-5-11(15)9-12/h3,5-6,9-10,13,16H,4,7-8H2,1-2H3. The lowest BCUT2D eigenvalue weighted by Crippen LogP contribution is -2.52. The molecule has 0 radical (unpaired) electrons. The normalized spacial score (nSPS) is 20.6. The SMILES string of the molecule is CC(C)NC1CCCN(c2cccc(Cl)c2)C1=O. The number of benzene rings is 1. The van der Waals surface area contributed by atoms with Crippen molar-refractivity contribution in [3.05, 3.63) is 29.3 Å². The number of halogens is 1. The first kappa shape index (κ1) is 13.4. The first-order chi connectivity index (χ1) is 8.58. The van der Waals surface area contributed by atoms with Gasteiger partial charge in [-0.05, 0) is 31.0 Å². The van der Waals surface area contributed by atoms with E-state index in [1.54, 1.807) is 0 Å². The molecule has 1 atom stereocenters. The monoisotopic (exact) mass is 266 g/mol. The van der Waals surface area contributed by atoms with Crippen LogP contribution in [0, 0.1) is 0 Å². The molecule has 3 nitrogen and oxygen atoms in total. The third-order valence-corrected chi connectivity index (χ3v) is 3.33. The number of hydrogen-bond acceptors (Lipinski definition) is 2. The van der Waals surface area contributed by atoms with Gasteiger partial charge in [-0.2, -0.15) is 0 Å². The second kappa shape index (κ2) is 5.72. The Hall–Kier alpha value is -1.06. The molecule has 4 heteroatoms. The van der Waals surface area contributed by atoms with E-state index in [4.69, 9.17) is 11.6 Å². The van der Waals surface area contributed by atoms with Gasteiger partial charge < -0.3 is 10.2 Å². The summed E-state index contributed by atoms with van der Waals surface area (Å²) in [6.45, 7) is 4.90. The highest BCUT2D eigenvalue weighted by molar-refractivity contribution is 6.30. The van der Waals surface area contributed by atoms with Gasteiger partial charge in [0.25, 0.3) is 0 Å². The van der Waals surface area contributed by atoms with Crippen molar-refractivity contribution in [1.82, 2.24) is 5.32 Å². The van der Waals surface area contributed by atoms with E-state index in [-0.39, 0.29) is 11.9 Å². The lowest BCUT2D eigenvalue weighted by atomic mass is 10.0. The van der Waals surface area contributed by atoms with Crippen molar-refractivity contribution in [3.63, 3.8) is 0 Å². The number of amides is 1. The maximum Gasteiger partial charge on any atom is 0.244 e. The molecule has 2 rings (SSSR count). The molecule has 98 valence electrons. The van der Waals surface area contributed by atoms with E-state index in [9.17, 15) is 4.79 Å². The molecule has 1 aliphatic heterocycles. The number of carbonyl (C=O) groups excluding carboxylic acids is 1. The minimum atomic E-state index is -0.0715. The smallest absolute Gasteiger partial charge is 0.244 e. The van der Waals surface area contributed by atoms with Crippen LogP contribution in [0.3, 0.4) is 0 Å². The Bertz CT molecular complexity index is 434. The average molecular weight is 267 g/mol. The van der Waals surface area contributed by atoms with Gasteiger partial charge in [-0.25, -0.2) is 0 Å². The van der Waals surface area contributed by atoms with Crippen molar-refractivity contribution in [2.45, 2.75) is 38.8 Å². The van der Waals surface area contributed by atoms with Gasteiger partial charge in [0.05, 0.1) is 6.04 Å². The molecule has 1 aromatic rings. The van der Waals surface area contributed by atoms with Gasteiger partial charge in [0, 0.05) is 23.3 Å². The predicted molar refractivity (Wildman–Crippen MR) is 75.1 cm³/mol. The molecule has 1 amide bonds. The molecule has 1 saturated heterocycles. The summed E-state index contributed by atoms with van der Waals surface area (Å²) in [5.74, 6) is 0.150. The number of hydrogen-bond donors (Lipinski definition) is 1. The quantitative estimate of drug-likeness (QED) is 0.912. The van der Waals surface area contributed by atoms with Crippen molar-refractivity contribution in [3.8, 4) is 0 Å². The van der Waals surface area contributed by atoms with E-state index in [1.807, 2.05) is 29.2 Å². The second-order valence-corrected chi connectivity index (χ2v) is 5.42. The van der Waals surface area contributed by atoms with E-state index >= 15 is 0 Å². The van der Waals surface area contributed by atoms with Gasteiger partial charge >= 0.3 is 0 Å². The molecule has 0 aromatic heterocycles. The van der Waals surface area contributed by atoms with E-state index in [0.717, 1.165) is 25.1 Å². The van der Waals surface area contributed by atoms with E-state index in [1.165, 1.54) is 0 Å². The molecule has 1 unspecified atom stereocenters. The summed E-state index contributed by atoms with van der Waals surface area (Å²) < 4.78 is 0. The number of piperidine rings is 1. The van der Waals surface area contributed by atoms with Crippen LogP contribution in [0.4, 0.5) is 5.69 Å². The van der Waals surface area contributed by atoms with Crippen molar-refractivity contribution < 1.29 is 4.79 Å². The molecule has 0 bridgehead atoms. The van der Waals surface area contributed by atoms with Crippen molar-refractivity contribution in [2.75, 3.05) is 11.4 Å². The van der Waals surface area contributed by atoms with Crippen molar-refractivity contribution >= 4 is 23.2 Å². The van der Waals surface area contributed by atoms with Gasteiger partial charge in [-0.3, -0.25) is 4.79 Å². The van der Waals surface area contributed by atoms with Crippen LogP contribution in [-0.2, 0) is 4.79 Å². The molecule has 18 heavy (non-hydrogen) atoms. The van der Waals surface area contributed by atoms with Gasteiger partial charge in [0.1, 0.15) is 0 Å². The number of nitrogens with zero attached hydrogens (tertiary/aromatic N) is 1. The molecule has 1 fully saturated rings. The maximum absolute atomic E-state index is 12.4. The fraction of sp³-hybridized carbons (Fsp3) is 0.500. The summed E-state index contributed by atoms with van der Waals surface area (Å²) in [4.78, 5) is 14.2. The van der Waals surface area contributed by atoms with E-state index < -0.39 is 0 Å². The van der Waals surface area contributed by atoms with Crippen LogP contribution in [0.2, 0.25) is 5.02 Å². The Morgan fingerprint density at radius 2 is 2.22 bits per heavy atom. The second-order valence-electron chi connectivity index (χ2n) is 4.99. The number of anilines is 1. The summed E-state index contributed by atoms with van der Waals surface area (Å²) in [5.41, 5.74) is 0.891. The predicted octanol–water partition coefficient (Wildman–Crippen LogP) is 2.83. The van der Waals surface area contributed by atoms with Crippen LogP contribution >= 0.6 is 11.6 Å². The third kappa shape index (κ3) is 3.03. The Morgan fingerprint density at radius 1 is 1.44 bits per heavy atom. The minimum Gasteiger partial charge on any atom is -0.311 e. The topological polar surface area (TPSA) is 32.3 Å². The highest BCUT2D eigenvalue weighted by Crippen LogP contribution is 2.24. The van der Waals surface area contributed by atoms with Crippen LogP contribution in [-0.4, -0.2) is 24.5 Å². The van der Waals surface area contributed by atoms with Gasteiger partial charge in [0.15, 0.2) is 0 Å². The molecular weight excluding hydrogens is 248 g/mol. The minimum absolute atomic E-state index is 0.0715. The first-order valence-corrected chi connectivity index (χ1v) is 6.78. The summed E-state index contributed by atoms with van der Waals surface area (Å²) in [5, 5.41) is 3.99. The van der Waals surface area contributed by atoms with Crippen LogP contribution in [0.15, 0.2) is 24.3 Å². The number of nitrogens with one attached hydrogen (secondary N) is 1. The first-order valence-electron chi connectivity index (χ1n) is 6.41. The largest absolute Gasteiger partial charge is 0.311 e. The summed E-state index contributed by atoms with van der Waals surface area (Å²) in [6, 6.07) is 7.72. The molecule has 0 aliphatic carbocycles. The lowest BCUT2D eigenvalue weighted by Gasteiger charge is -2.33. The van der Waals surface area contributed by atoms with Crippen LogP contribution < -0.4 is 10.2 Å². The van der Waals surface area contributed by atoms with Crippen LogP contribution in [0.25, 0.3) is 0 Å². The molecule has 0 spiro atoms. The third-order valence-electron chi connectivity index (χ3n) is 3.09. The molecule has 1 heterocycles. The Morgan fingerprint density at radius 3 is 2.89 bits per heavy atom. The Kier molecular flexibility index (Phi) is 4.25. The molecular formula is C14H19ClN2O. The molecule has 1 N–H and O–H groups in total. The number of carbonyl (C=O) groups is 1. The maximum atomic E-state index is 12.4. The molecule has 1 aliphatic rings.